The number of carbonyl (C=O) groups is 1. The first-order valence-electron chi connectivity index (χ1n) is 5.18. The summed E-state index contributed by atoms with van der Waals surface area (Å²) >= 11 is 5.84. The van der Waals surface area contributed by atoms with Gasteiger partial charge in [-0.15, -0.1) is 0 Å². The normalized spacial score (nSPS) is 14.4. The molecule has 0 saturated carbocycles. The molecule has 1 atom stereocenters. The first-order valence-corrected chi connectivity index (χ1v) is 5.56. The highest BCUT2D eigenvalue weighted by Crippen LogP contribution is 2.31. The molecule has 3 nitrogen and oxygen atoms in total. The zero-order valence-corrected chi connectivity index (χ0v) is 9.87. The van der Waals surface area contributed by atoms with Crippen molar-refractivity contribution >= 4 is 17.6 Å². The predicted molar refractivity (Wildman–Crippen MR) is 62.5 cm³/mol. The van der Waals surface area contributed by atoms with Crippen LogP contribution in [0, 0.1) is 0 Å². The molecule has 2 N–H and O–H groups in total. The summed E-state index contributed by atoms with van der Waals surface area (Å²) in [5.41, 5.74) is -0.438. The van der Waals surface area contributed by atoms with Gasteiger partial charge in [-0.05, 0) is 30.5 Å². The van der Waals surface area contributed by atoms with Gasteiger partial charge in [-0.1, -0.05) is 30.7 Å². The van der Waals surface area contributed by atoms with Crippen LogP contribution in [0.1, 0.15) is 31.7 Å². The standard InChI is InChI=1S/C12H15ClO3/c1-2-12(16,7-6-11(14)15)9-4-3-5-10(13)8-9/h3-5,8,16H,2,6-7H2,1H3,(H,14,15). The Kier molecular flexibility index (Phi) is 4.33. The van der Waals surface area contributed by atoms with Crippen LogP contribution in [0.3, 0.4) is 0 Å². The molecular weight excluding hydrogens is 228 g/mol. The molecule has 1 aromatic rings. The fourth-order valence-electron chi connectivity index (χ4n) is 1.62. The van der Waals surface area contributed by atoms with E-state index < -0.39 is 11.6 Å². The van der Waals surface area contributed by atoms with E-state index in [0.29, 0.717) is 17.0 Å². The van der Waals surface area contributed by atoms with E-state index >= 15 is 0 Å². The monoisotopic (exact) mass is 242 g/mol. The Morgan fingerprint density at radius 2 is 2.19 bits per heavy atom. The van der Waals surface area contributed by atoms with Crippen LogP contribution >= 0.6 is 11.6 Å². The van der Waals surface area contributed by atoms with Gasteiger partial charge in [-0.3, -0.25) is 4.79 Å². The molecule has 0 aliphatic rings. The van der Waals surface area contributed by atoms with E-state index in [0.717, 1.165) is 0 Å². The smallest absolute Gasteiger partial charge is 0.303 e. The first-order chi connectivity index (χ1) is 7.48. The van der Waals surface area contributed by atoms with Gasteiger partial charge in [0.25, 0.3) is 0 Å². The van der Waals surface area contributed by atoms with Crippen molar-refractivity contribution in [2.75, 3.05) is 0 Å². The summed E-state index contributed by atoms with van der Waals surface area (Å²) in [6, 6.07) is 6.90. The minimum Gasteiger partial charge on any atom is -0.481 e. The highest BCUT2D eigenvalue weighted by molar-refractivity contribution is 6.30. The average molecular weight is 243 g/mol. The van der Waals surface area contributed by atoms with Crippen molar-refractivity contribution in [1.82, 2.24) is 0 Å². The molecule has 0 fully saturated rings. The van der Waals surface area contributed by atoms with E-state index in [9.17, 15) is 9.90 Å². The molecule has 16 heavy (non-hydrogen) atoms. The third-order valence-electron chi connectivity index (χ3n) is 2.70. The number of hydrogen-bond acceptors (Lipinski definition) is 2. The molecule has 0 amide bonds. The van der Waals surface area contributed by atoms with Crippen LogP contribution in [0.4, 0.5) is 0 Å². The van der Waals surface area contributed by atoms with Gasteiger partial charge >= 0.3 is 5.97 Å². The van der Waals surface area contributed by atoms with Crippen molar-refractivity contribution in [1.29, 1.82) is 0 Å². The number of rotatable bonds is 5. The van der Waals surface area contributed by atoms with Crippen molar-refractivity contribution < 1.29 is 15.0 Å². The predicted octanol–water partition coefficient (Wildman–Crippen LogP) is 2.80. The summed E-state index contributed by atoms with van der Waals surface area (Å²) in [5.74, 6) is -0.908. The molecule has 4 heteroatoms. The van der Waals surface area contributed by atoms with E-state index in [1.807, 2.05) is 6.92 Å². The van der Waals surface area contributed by atoms with Crippen LogP contribution in [-0.4, -0.2) is 16.2 Å². The number of halogens is 1. The lowest BCUT2D eigenvalue weighted by Crippen LogP contribution is -2.25. The van der Waals surface area contributed by atoms with Crippen molar-refractivity contribution in [3.05, 3.63) is 34.9 Å². The lowest BCUT2D eigenvalue weighted by molar-refractivity contribution is -0.138. The number of hydrogen-bond donors (Lipinski definition) is 2. The van der Waals surface area contributed by atoms with E-state index in [1.165, 1.54) is 0 Å². The Bertz CT molecular complexity index is 378. The highest BCUT2D eigenvalue weighted by Gasteiger charge is 2.27. The number of carboxylic acids is 1. The second-order valence-corrected chi connectivity index (χ2v) is 4.23. The van der Waals surface area contributed by atoms with Crippen LogP contribution in [0.15, 0.2) is 24.3 Å². The second kappa shape index (κ2) is 5.32. The molecule has 0 aliphatic heterocycles. The summed E-state index contributed by atoms with van der Waals surface area (Å²) < 4.78 is 0. The molecule has 0 radical (unpaired) electrons. The molecule has 0 aromatic heterocycles. The zero-order valence-electron chi connectivity index (χ0n) is 9.11. The van der Waals surface area contributed by atoms with E-state index in [4.69, 9.17) is 16.7 Å². The molecule has 0 saturated heterocycles. The minimum atomic E-state index is -1.11. The van der Waals surface area contributed by atoms with Crippen LogP contribution < -0.4 is 0 Å². The molecule has 88 valence electrons. The van der Waals surface area contributed by atoms with Crippen LogP contribution in [0.5, 0.6) is 0 Å². The summed E-state index contributed by atoms with van der Waals surface area (Å²) in [4.78, 5) is 10.5. The van der Waals surface area contributed by atoms with Gasteiger partial charge in [-0.25, -0.2) is 0 Å². The van der Waals surface area contributed by atoms with Gasteiger partial charge in [-0.2, -0.15) is 0 Å². The summed E-state index contributed by atoms with van der Waals surface area (Å²) in [5, 5.41) is 19.5. The Labute approximate surface area is 99.7 Å². The molecule has 1 aromatic carbocycles. The minimum absolute atomic E-state index is 0.0587. The van der Waals surface area contributed by atoms with Crippen LogP contribution in [-0.2, 0) is 10.4 Å². The number of benzene rings is 1. The molecule has 0 aliphatic carbocycles. The molecule has 0 heterocycles. The van der Waals surface area contributed by atoms with Crippen LogP contribution in [0.25, 0.3) is 0 Å². The van der Waals surface area contributed by atoms with Crippen LogP contribution in [0.2, 0.25) is 5.02 Å². The Morgan fingerprint density at radius 3 is 2.69 bits per heavy atom. The summed E-state index contributed by atoms with van der Waals surface area (Å²) in [6.07, 6.45) is 0.594. The second-order valence-electron chi connectivity index (χ2n) is 3.79. The maximum Gasteiger partial charge on any atom is 0.303 e. The van der Waals surface area contributed by atoms with Crippen molar-refractivity contribution in [3.63, 3.8) is 0 Å². The lowest BCUT2D eigenvalue weighted by atomic mass is 9.87. The maximum atomic E-state index is 10.5. The van der Waals surface area contributed by atoms with E-state index in [-0.39, 0.29) is 12.8 Å². The number of aliphatic hydroxyl groups is 1. The number of carboxylic acid groups (broad SMARTS) is 1. The Hall–Kier alpha value is -1.06. The van der Waals surface area contributed by atoms with E-state index in [2.05, 4.69) is 0 Å². The first kappa shape index (κ1) is 13.0. The molecule has 0 spiro atoms. The topological polar surface area (TPSA) is 57.5 Å². The Morgan fingerprint density at radius 1 is 1.50 bits per heavy atom. The fourth-order valence-corrected chi connectivity index (χ4v) is 1.81. The SMILES string of the molecule is CCC(O)(CCC(=O)O)c1cccc(Cl)c1. The average Bonchev–Trinajstić information content (AvgIpc) is 2.26. The third kappa shape index (κ3) is 3.22. The van der Waals surface area contributed by atoms with Gasteiger partial charge in [0.2, 0.25) is 0 Å². The lowest BCUT2D eigenvalue weighted by Gasteiger charge is -2.26. The Balaban J connectivity index is 2.90. The van der Waals surface area contributed by atoms with Crippen molar-refractivity contribution in [2.24, 2.45) is 0 Å². The molecular formula is C12H15ClO3. The largest absolute Gasteiger partial charge is 0.481 e. The van der Waals surface area contributed by atoms with E-state index in [1.54, 1.807) is 24.3 Å². The summed E-state index contributed by atoms with van der Waals surface area (Å²) in [7, 11) is 0. The zero-order chi connectivity index (χ0) is 12.2. The molecule has 0 bridgehead atoms. The van der Waals surface area contributed by atoms with Gasteiger partial charge in [0.05, 0.1) is 5.60 Å². The van der Waals surface area contributed by atoms with Gasteiger partial charge in [0.15, 0.2) is 0 Å². The fraction of sp³-hybridized carbons (Fsp3) is 0.417. The molecule has 1 unspecified atom stereocenters. The quantitative estimate of drug-likeness (QED) is 0.835. The van der Waals surface area contributed by atoms with Gasteiger partial charge in [0, 0.05) is 11.4 Å². The summed E-state index contributed by atoms with van der Waals surface area (Å²) in [6.45, 7) is 1.82. The van der Waals surface area contributed by atoms with Crippen molar-refractivity contribution in [2.45, 2.75) is 31.8 Å². The van der Waals surface area contributed by atoms with Crippen molar-refractivity contribution in [3.8, 4) is 0 Å². The van der Waals surface area contributed by atoms with Gasteiger partial charge in [0.1, 0.15) is 0 Å². The highest BCUT2D eigenvalue weighted by atomic mass is 35.5. The van der Waals surface area contributed by atoms with Gasteiger partial charge < -0.3 is 10.2 Å². The number of aliphatic carboxylic acids is 1. The third-order valence-corrected chi connectivity index (χ3v) is 2.93. The molecule has 1 rings (SSSR count). The maximum absolute atomic E-state index is 10.5.